The summed E-state index contributed by atoms with van der Waals surface area (Å²) in [5.74, 6) is 0.0147. The van der Waals surface area contributed by atoms with E-state index in [0.717, 1.165) is 16.7 Å². The van der Waals surface area contributed by atoms with Crippen molar-refractivity contribution in [1.29, 1.82) is 0 Å². The highest BCUT2D eigenvalue weighted by Gasteiger charge is 2.24. The van der Waals surface area contributed by atoms with Gasteiger partial charge in [-0.05, 0) is 66.9 Å². The quantitative estimate of drug-likeness (QED) is 0.608. The number of carbonyl (C=O) groups is 1. The molecule has 0 aliphatic carbocycles. The van der Waals surface area contributed by atoms with Gasteiger partial charge in [-0.25, -0.2) is 8.42 Å². The number of phenolic OH excluding ortho intramolecular Hbond substituents is 1. The van der Waals surface area contributed by atoms with E-state index in [0.29, 0.717) is 30.8 Å². The summed E-state index contributed by atoms with van der Waals surface area (Å²) in [6, 6.07) is 20.4. The summed E-state index contributed by atoms with van der Waals surface area (Å²) in [5.41, 5.74) is 4.08. The van der Waals surface area contributed by atoms with Crippen LogP contribution in [0.25, 0.3) is 5.57 Å². The van der Waals surface area contributed by atoms with Crippen LogP contribution in [-0.4, -0.2) is 44.5 Å². The van der Waals surface area contributed by atoms with Crippen molar-refractivity contribution in [3.8, 4) is 5.75 Å². The zero-order valence-electron chi connectivity index (χ0n) is 18.6. The van der Waals surface area contributed by atoms with Crippen LogP contribution < -0.4 is 4.31 Å². The summed E-state index contributed by atoms with van der Waals surface area (Å²) in [6.07, 6.45) is 2.68. The lowest BCUT2D eigenvalue weighted by atomic mass is 9.99. The highest BCUT2D eigenvalue weighted by atomic mass is 32.2. The van der Waals surface area contributed by atoms with Crippen LogP contribution in [-0.2, 0) is 10.0 Å². The number of hydrogen-bond donors (Lipinski definition) is 1. The average Bonchev–Trinajstić information content (AvgIpc) is 2.84. The smallest absolute Gasteiger partial charge is 0.264 e. The van der Waals surface area contributed by atoms with Crippen LogP contribution in [0.4, 0.5) is 5.69 Å². The van der Waals surface area contributed by atoms with Gasteiger partial charge in [0.1, 0.15) is 5.75 Å². The lowest BCUT2D eigenvalue weighted by molar-refractivity contribution is 0.0772. The number of rotatable bonds is 5. The molecular weight excluding hydrogens is 436 g/mol. The van der Waals surface area contributed by atoms with E-state index in [4.69, 9.17) is 0 Å². The lowest BCUT2D eigenvalue weighted by Gasteiger charge is -2.27. The van der Waals surface area contributed by atoms with Crippen molar-refractivity contribution in [2.75, 3.05) is 24.4 Å². The first kappa shape index (κ1) is 22.6. The molecule has 0 saturated carbocycles. The van der Waals surface area contributed by atoms with Crippen LogP contribution in [0.2, 0.25) is 0 Å². The van der Waals surface area contributed by atoms with Gasteiger partial charge in [-0.2, -0.15) is 0 Å². The minimum Gasteiger partial charge on any atom is -0.508 e. The molecule has 0 spiro atoms. The largest absolute Gasteiger partial charge is 0.508 e. The molecule has 33 heavy (non-hydrogen) atoms. The molecule has 0 atom stereocenters. The predicted octanol–water partition coefficient (Wildman–Crippen LogP) is 4.46. The first-order chi connectivity index (χ1) is 15.8. The Morgan fingerprint density at radius 2 is 1.70 bits per heavy atom. The second kappa shape index (κ2) is 9.11. The monoisotopic (exact) mass is 462 g/mol. The summed E-state index contributed by atoms with van der Waals surface area (Å²) >= 11 is 0. The normalized spacial score (nSPS) is 14.0. The van der Waals surface area contributed by atoms with Crippen LogP contribution in [0.3, 0.4) is 0 Å². The van der Waals surface area contributed by atoms with Gasteiger partial charge in [-0.15, -0.1) is 0 Å². The number of hydrogen-bond acceptors (Lipinski definition) is 4. The van der Waals surface area contributed by atoms with Gasteiger partial charge >= 0.3 is 0 Å². The van der Waals surface area contributed by atoms with E-state index in [1.807, 2.05) is 37.3 Å². The van der Waals surface area contributed by atoms with Crippen molar-refractivity contribution in [3.63, 3.8) is 0 Å². The molecule has 0 radical (unpaired) electrons. The van der Waals surface area contributed by atoms with Crippen LogP contribution in [0.1, 0.15) is 27.9 Å². The number of nitrogens with zero attached hydrogens (tertiary/aromatic N) is 2. The van der Waals surface area contributed by atoms with E-state index in [9.17, 15) is 18.3 Å². The van der Waals surface area contributed by atoms with E-state index in [1.165, 1.54) is 23.5 Å². The fourth-order valence-electron chi connectivity index (χ4n) is 3.82. The number of amides is 1. The molecule has 0 saturated heterocycles. The molecule has 4 rings (SSSR count). The topological polar surface area (TPSA) is 77.9 Å². The Bertz CT molecular complexity index is 1300. The summed E-state index contributed by atoms with van der Waals surface area (Å²) in [7, 11) is -2.30. The first-order valence-electron chi connectivity index (χ1n) is 10.7. The molecule has 0 aromatic heterocycles. The minimum atomic E-state index is -3.81. The van der Waals surface area contributed by atoms with Crippen molar-refractivity contribution in [2.45, 2.75) is 18.2 Å². The Kier molecular flexibility index (Phi) is 6.24. The van der Waals surface area contributed by atoms with E-state index < -0.39 is 10.0 Å². The molecule has 170 valence electrons. The molecule has 0 unspecified atom stereocenters. The maximum Gasteiger partial charge on any atom is 0.264 e. The Morgan fingerprint density at radius 3 is 2.33 bits per heavy atom. The van der Waals surface area contributed by atoms with Crippen molar-refractivity contribution < 1.29 is 18.3 Å². The molecule has 1 N–H and O–H groups in total. The fourth-order valence-corrected chi connectivity index (χ4v) is 5.06. The maximum atomic E-state index is 13.2. The third-order valence-electron chi connectivity index (χ3n) is 5.87. The molecule has 7 heteroatoms. The second-order valence-corrected chi connectivity index (χ2v) is 10.1. The van der Waals surface area contributed by atoms with Gasteiger partial charge in [0.05, 0.1) is 10.6 Å². The molecule has 1 aliphatic rings. The molecule has 6 nitrogen and oxygen atoms in total. The van der Waals surface area contributed by atoms with E-state index in [1.54, 1.807) is 41.3 Å². The third-order valence-corrected chi connectivity index (χ3v) is 7.65. The van der Waals surface area contributed by atoms with Crippen molar-refractivity contribution >= 4 is 27.2 Å². The minimum absolute atomic E-state index is 0.0776. The van der Waals surface area contributed by atoms with Gasteiger partial charge in [0.15, 0.2) is 0 Å². The van der Waals surface area contributed by atoms with Crippen LogP contribution in [0, 0.1) is 6.92 Å². The summed E-state index contributed by atoms with van der Waals surface area (Å²) in [4.78, 5) is 14.9. The summed E-state index contributed by atoms with van der Waals surface area (Å²) in [6.45, 7) is 2.91. The van der Waals surface area contributed by atoms with Crippen LogP contribution in [0.5, 0.6) is 5.75 Å². The zero-order valence-corrected chi connectivity index (χ0v) is 19.4. The number of aryl methyl sites for hydroxylation is 1. The molecule has 1 heterocycles. The standard InChI is InChI=1S/C26H26N2O4S/c1-19-6-10-23(11-7-19)27(2)33(31,32)25-5-3-4-22(18-25)26(30)28-16-14-21(15-17-28)20-8-12-24(29)13-9-20/h3-14,18,29H,15-17H2,1-2H3. The number of carbonyl (C=O) groups excluding carboxylic acids is 1. The van der Waals surface area contributed by atoms with Crippen molar-refractivity contribution in [3.05, 3.63) is 95.6 Å². The van der Waals surface area contributed by atoms with Crippen LogP contribution >= 0.6 is 0 Å². The number of aromatic hydroxyl groups is 1. The SMILES string of the molecule is Cc1ccc(N(C)S(=O)(=O)c2cccc(C(=O)N3CC=C(c4ccc(O)cc4)CC3)c2)cc1. The number of sulfonamides is 1. The predicted molar refractivity (Wildman–Crippen MR) is 130 cm³/mol. The Balaban J connectivity index is 1.52. The second-order valence-electron chi connectivity index (χ2n) is 8.11. The summed E-state index contributed by atoms with van der Waals surface area (Å²) in [5, 5.41) is 9.47. The van der Waals surface area contributed by atoms with Crippen LogP contribution in [0.15, 0.2) is 83.8 Å². The van der Waals surface area contributed by atoms with Gasteiger partial charge in [-0.3, -0.25) is 9.10 Å². The van der Waals surface area contributed by atoms with E-state index >= 15 is 0 Å². The third kappa shape index (κ3) is 4.78. The molecule has 1 amide bonds. The van der Waals surface area contributed by atoms with E-state index in [2.05, 4.69) is 0 Å². The van der Waals surface area contributed by atoms with Gasteiger partial charge < -0.3 is 10.0 Å². The highest BCUT2D eigenvalue weighted by molar-refractivity contribution is 7.92. The number of benzene rings is 3. The molecule has 0 fully saturated rings. The molecular formula is C26H26N2O4S. The van der Waals surface area contributed by atoms with E-state index in [-0.39, 0.29) is 16.6 Å². The van der Waals surface area contributed by atoms with Gasteiger partial charge in [0.25, 0.3) is 15.9 Å². The molecule has 1 aliphatic heterocycles. The summed E-state index contributed by atoms with van der Waals surface area (Å²) < 4.78 is 27.6. The average molecular weight is 463 g/mol. The fraction of sp³-hybridized carbons (Fsp3) is 0.192. The van der Waals surface area contributed by atoms with Crippen molar-refractivity contribution in [2.24, 2.45) is 0 Å². The maximum absolute atomic E-state index is 13.2. The molecule has 3 aromatic rings. The molecule has 3 aromatic carbocycles. The van der Waals surface area contributed by atoms with Gasteiger partial charge in [-0.1, -0.05) is 42.0 Å². The van der Waals surface area contributed by atoms with Gasteiger partial charge in [0, 0.05) is 25.7 Å². The van der Waals surface area contributed by atoms with Crippen molar-refractivity contribution in [1.82, 2.24) is 4.90 Å². The Hall–Kier alpha value is -3.58. The Morgan fingerprint density at radius 1 is 1.00 bits per heavy atom. The lowest BCUT2D eigenvalue weighted by Crippen LogP contribution is -2.35. The number of phenols is 1. The molecule has 0 bridgehead atoms. The van der Waals surface area contributed by atoms with Gasteiger partial charge in [0.2, 0.25) is 0 Å². The zero-order chi connectivity index (χ0) is 23.6. The highest BCUT2D eigenvalue weighted by Crippen LogP contribution is 2.26. The Labute approximate surface area is 194 Å². The first-order valence-corrected chi connectivity index (χ1v) is 12.1. The number of anilines is 1.